The Kier molecular flexibility index (Phi) is 5.10. The molecular weight excluding hydrogens is 324 g/mol. The summed E-state index contributed by atoms with van der Waals surface area (Å²) in [5.41, 5.74) is 0.680. The fourth-order valence-electron chi connectivity index (χ4n) is 2.47. The molecule has 1 N–H and O–H groups in total. The summed E-state index contributed by atoms with van der Waals surface area (Å²) in [6.45, 7) is 0.619. The Morgan fingerprint density at radius 3 is 2.83 bits per heavy atom. The van der Waals surface area contributed by atoms with Gasteiger partial charge >= 0.3 is 0 Å². The zero-order valence-corrected chi connectivity index (χ0v) is 14.1. The predicted octanol–water partition coefficient (Wildman–Crippen LogP) is 2.43. The van der Waals surface area contributed by atoms with Crippen molar-refractivity contribution in [2.45, 2.75) is 22.9 Å². The van der Waals surface area contributed by atoms with E-state index in [4.69, 9.17) is 0 Å². The molecule has 1 saturated heterocycles. The molecule has 1 fully saturated rings. The largest absolute Gasteiger partial charge is 0.346 e. The third-order valence-electron chi connectivity index (χ3n) is 3.88. The molecule has 1 aliphatic heterocycles. The normalized spacial score (nSPS) is 17.6. The summed E-state index contributed by atoms with van der Waals surface area (Å²) in [4.78, 5) is 34.3. The average Bonchev–Trinajstić information content (AvgIpc) is 2.58. The lowest BCUT2D eigenvalue weighted by atomic mass is 9.95. The summed E-state index contributed by atoms with van der Waals surface area (Å²) in [5.74, 6) is -0.368. The minimum Gasteiger partial charge on any atom is -0.346 e. The molecule has 2 aromatic rings. The molecule has 2 amide bonds. The van der Waals surface area contributed by atoms with Crippen molar-refractivity contribution in [3.8, 4) is 0 Å². The summed E-state index contributed by atoms with van der Waals surface area (Å²) in [6, 6.07) is 9.24. The van der Waals surface area contributed by atoms with Crippen LogP contribution in [0.5, 0.6) is 0 Å². The van der Waals surface area contributed by atoms with Crippen LogP contribution < -0.4 is 5.32 Å². The lowest BCUT2D eigenvalue weighted by Crippen LogP contribution is -2.39. The molecule has 6 nitrogen and oxygen atoms in total. The standard InChI is InChI=1S/C17H18N4O2S/c1-21-9-6-12(10-16(21)22)17(23)20-13-5-8-19-15(11-13)24-14-4-2-3-7-18-14/h2-5,7-8,11-12H,6,9-10H2,1H3,(H,19,20,23). The number of carbonyl (C=O) groups is 2. The van der Waals surface area contributed by atoms with E-state index in [1.165, 1.54) is 11.8 Å². The second-order valence-corrected chi connectivity index (χ2v) is 6.69. The van der Waals surface area contributed by atoms with E-state index in [-0.39, 0.29) is 24.2 Å². The van der Waals surface area contributed by atoms with Crippen LogP contribution in [0.2, 0.25) is 0 Å². The first-order valence-corrected chi connectivity index (χ1v) is 8.53. The first-order valence-electron chi connectivity index (χ1n) is 7.71. The van der Waals surface area contributed by atoms with Gasteiger partial charge in [0.15, 0.2) is 0 Å². The van der Waals surface area contributed by atoms with E-state index >= 15 is 0 Å². The van der Waals surface area contributed by atoms with Crippen molar-refractivity contribution in [1.29, 1.82) is 0 Å². The predicted molar refractivity (Wildman–Crippen MR) is 91.6 cm³/mol. The number of hydrogen-bond acceptors (Lipinski definition) is 5. The van der Waals surface area contributed by atoms with Gasteiger partial charge in [0.25, 0.3) is 0 Å². The summed E-state index contributed by atoms with van der Waals surface area (Å²) < 4.78 is 0. The lowest BCUT2D eigenvalue weighted by Gasteiger charge is -2.27. The number of amides is 2. The maximum atomic E-state index is 12.4. The number of nitrogens with one attached hydrogen (secondary N) is 1. The van der Waals surface area contributed by atoms with Gasteiger partial charge in [-0.05, 0) is 30.7 Å². The number of piperidine rings is 1. The number of hydrogen-bond donors (Lipinski definition) is 1. The second kappa shape index (κ2) is 7.44. The number of carbonyl (C=O) groups excluding carboxylic acids is 2. The summed E-state index contributed by atoms with van der Waals surface area (Å²) in [7, 11) is 1.76. The van der Waals surface area contributed by atoms with Gasteiger partial charge in [-0.15, -0.1) is 0 Å². The fourth-order valence-corrected chi connectivity index (χ4v) is 3.24. The average molecular weight is 342 g/mol. The number of nitrogens with zero attached hydrogens (tertiary/aromatic N) is 3. The van der Waals surface area contributed by atoms with Gasteiger partial charge in [0.2, 0.25) is 11.8 Å². The molecule has 24 heavy (non-hydrogen) atoms. The van der Waals surface area contributed by atoms with Crippen LogP contribution in [-0.2, 0) is 9.59 Å². The van der Waals surface area contributed by atoms with Crippen LogP contribution in [0.1, 0.15) is 12.8 Å². The number of likely N-dealkylation sites (tertiary alicyclic amines) is 1. The zero-order valence-electron chi connectivity index (χ0n) is 13.3. The maximum Gasteiger partial charge on any atom is 0.228 e. The Morgan fingerprint density at radius 2 is 2.08 bits per heavy atom. The van der Waals surface area contributed by atoms with Gasteiger partial charge in [0, 0.05) is 44.0 Å². The highest BCUT2D eigenvalue weighted by Crippen LogP contribution is 2.26. The Hall–Kier alpha value is -2.41. The molecular formula is C17H18N4O2S. The first-order chi connectivity index (χ1) is 11.6. The number of anilines is 1. The van der Waals surface area contributed by atoms with Crippen molar-refractivity contribution in [1.82, 2.24) is 14.9 Å². The van der Waals surface area contributed by atoms with Gasteiger partial charge in [-0.25, -0.2) is 9.97 Å². The van der Waals surface area contributed by atoms with Gasteiger partial charge in [-0.2, -0.15) is 0 Å². The van der Waals surface area contributed by atoms with Crippen molar-refractivity contribution >= 4 is 29.3 Å². The highest BCUT2D eigenvalue weighted by Gasteiger charge is 2.28. The molecule has 124 valence electrons. The Morgan fingerprint density at radius 1 is 1.25 bits per heavy atom. The first kappa shape index (κ1) is 16.4. The third-order valence-corrected chi connectivity index (χ3v) is 4.76. The second-order valence-electron chi connectivity index (χ2n) is 5.65. The molecule has 0 radical (unpaired) electrons. The van der Waals surface area contributed by atoms with Crippen LogP contribution in [0.3, 0.4) is 0 Å². The van der Waals surface area contributed by atoms with Crippen LogP contribution in [0.15, 0.2) is 52.8 Å². The van der Waals surface area contributed by atoms with Gasteiger partial charge in [-0.1, -0.05) is 17.8 Å². The Balaban J connectivity index is 1.64. The quantitative estimate of drug-likeness (QED) is 0.924. The molecule has 3 rings (SSSR count). The molecule has 2 aromatic heterocycles. The fraction of sp³-hybridized carbons (Fsp3) is 0.294. The van der Waals surface area contributed by atoms with E-state index < -0.39 is 0 Å². The Bertz CT molecular complexity index is 738. The third kappa shape index (κ3) is 4.11. The molecule has 1 unspecified atom stereocenters. The van der Waals surface area contributed by atoms with Crippen LogP contribution in [0.25, 0.3) is 0 Å². The zero-order chi connectivity index (χ0) is 16.9. The van der Waals surface area contributed by atoms with Gasteiger partial charge in [0.1, 0.15) is 10.1 Å². The molecule has 0 spiro atoms. The Labute approximate surface area is 144 Å². The number of rotatable bonds is 4. The highest BCUT2D eigenvalue weighted by molar-refractivity contribution is 7.99. The summed E-state index contributed by atoms with van der Waals surface area (Å²) in [6.07, 6.45) is 4.34. The van der Waals surface area contributed by atoms with Crippen molar-refractivity contribution < 1.29 is 9.59 Å². The monoisotopic (exact) mass is 342 g/mol. The van der Waals surface area contributed by atoms with Crippen LogP contribution >= 0.6 is 11.8 Å². The lowest BCUT2D eigenvalue weighted by molar-refractivity contribution is -0.137. The van der Waals surface area contributed by atoms with E-state index in [9.17, 15) is 9.59 Å². The van der Waals surface area contributed by atoms with Crippen molar-refractivity contribution in [3.05, 3.63) is 42.7 Å². The van der Waals surface area contributed by atoms with E-state index in [0.717, 1.165) is 10.1 Å². The molecule has 7 heteroatoms. The van der Waals surface area contributed by atoms with Crippen molar-refractivity contribution in [3.63, 3.8) is 0 Å². The molecule has 0 aliphatic carbocycles. The van der Waals surface area contributed by atoms with E-state index in [1.54, 1.807) is 30.4 Å². The number of pyridine rings is 2. The van der Waals surface area contributed by atoms with Crippen LogP contribution in [-0.4, -0.2) is 40.3 Å². The molecule has 0 aromatic carbocycles. The summed E-state index contributed by atoms with van der Waals surface area (Å²) >= 11 is 1.43. The van der Waals surface area contributed by atoms with Crippen molar-refractivity contribution in [2.24, 2.45) is 5.92 Å². The topological polar surface area (TPSA) is 75.2 Å². The molecule has 3 heterocycles. The smallest absolute Gasteiger partial charge is 0.228 e. The SMILES string of the molecule is CN1CCC(C(=O)Nc2ccnc(Sc3ccccn3)c2)CC1=O. The van der Waals surface area contributed by atoms with Gasteiger partial charge in [-0.3, -0.25) is 9.59 Å². The van der Waals surface area contributed by atoms with E-state index in [0.29, 0.717) is 18.7 Å². The molecule has 0 saturated carbocycles. The van der Waals surface area contributed by atoms with Gasteiger partial charge in [0.05, 0.1) is 0 Å². The van der Waals surface area contributed by atoms with Crippen molar-refractivity contribution in [2.75, 3.05) is 18.9 Å². The highest BCUT2D eigenvalue weighted by atomic mass is 32.2. The molecule has 1 atom stereocenters. The molecule has 0 bridgehead atoms. The summed E-state index contributed by atoms with van der Waals surface area (Å²) in [5, 5.41) is 4.49. The van der Waals surface area contributed by atoms with Gasteiger partial charge < -0.3 is 10.2 Å². The van der Waals surface area contributed by atoms with E-state index in [2.05, 4.69) is 15.3 Å². The molecule has 1 aliphatic rings. The minimum absolute atomic E-state index is 0.0162. The van der Waals surface area contributed by atoms with Crippen LogP contribution in [0, 0.1) is 5.92 Å². The van der Waals surface area contributed by atoms with Crippen LogP contribution in [0.4, 0.5) is 5.69 Å². The maximum absolute atomic E-state index is 12.4. The minimum atomic E-state index is -0.270. The number of aromatic nitrogens is 2. The van der Waals surface area contributed by atoms with E-state index in [1.807, 2.05) is 24.3 Å².